The summed E-state index contributed by atoms with van der Waals surface area (Å²) < 4.78 is 22.4. The van der Waals surface area contributed by atoms with Gasteiger partial charge in [0.2, 0.25) is 0 Å². The third-order valence-electron chi connectivity index (χ3n) is 21.1. The number of ether oxygens (including phenoxy) is 2. The lowest BCUT2D eigenvalue weighted by atomic mass is 9.29. The van der Waals surface area contributed by atoms with Crippen LogP contribution in [-0.2, 0) is 0 Å². The largest absolute Gasteiger partial charge is 0.458 e. The Hall–Kier alpha value is -11.8. The second-order valence-electron chi connectivity index (χ2n) is 26.4. The van der Waals surface area contributed by atoms with Crippen LogP contribution in [0, 0.1) is 0 Å². The SMILES string of the molecule is CSN1c2cc3c(cc2B2c4cc5c(cc4Oc4cc(N(c6ccccc6)c6ccccc6)cc1c42)N(SC)c1cc(N(c2ccccc2)c2ccccc2)cc2c1B5c1ccccc1O2)B1c2c(cc(N(c4ccccc4)c4ccccc4)cc2-n2c4ccccc4c4cccc1c42)N3. The Morgan fingerprint density at radius 3 is 1.25 bits per heavy atom. The van der Waals surface area contributed by atoms with E-state index in [9.17, 15) is 0 Å². The summed E-state index contributed by atoms with van der Waals surface area (Å²) in [6.07, 6.45) is 4.40. The van der Waals surface area contributed by atoms with Gasteiger partial charge in [-0.3, -0.25) is 8.61 Å². The molecule has 14 heteroatoms. The van der Waals surface area contributed by atoms with Crippen LogP contribution in [-0.4, -0.2) is 37.2 Å². The minimum absolute atomic E-state index is 0.129. The van der Waals surface area contributed by atoms with Crippen molar-refractivity contribution in [3.63, 3.8) is 0 Å². The van der Waals surface area contributed by atoms with Crippen LogP contribution in [0.2, 0.25) is 0 Å². The fourth-order valence-electron chi connectivity index (χ4n) is 17.2. The molecule has 6 aliphatic heterocycles. The maximum atomic E-state index is 7.77. The first-order chi connectivity index (χ1) is 49.5. The zero-order valence-electron chi connectivity index (χ0n) is 54.5. The van der Waals surface area contributed by atoms with Gasteiger partial charge in [0.15, 0.2) is 0 Å². The van der Waals surface area contributed by atoms with Gasteiger partial charge in [0, 0.05) is 104 Å². The van der Waals surface area contributed by atoms with Crippen LogP contribution in [0.15, 0.2) is 309 Å². The molecule has 1 aromatic heterocycles. The van der Waals surface area contributed by atoms with Crippen LogP contribution < -0.4 is 87.3 Å². The standard InChI is InChI=1S/C86H58B3N7O2S2/c1-99-95-74-52-71-67(88-66-41-25-39-64-63-38-21-23-42-73(63)94(86(64)66)76-45-60(44-72(90-71)83(76)88)91(54-26-9-3-10-27-54)55-28-11-4-12-29-55)50-68(74)89-70-51-69-75(53-80(70)98-82-49-62(47-78(95)85(82)89)93(58-34-17-7-18-35-58)59-36-19-8-20-37-59)96(100-2)77-46-61(48-81-84(77)87(69)65-40-22-24-43-79(65)97-81)92(56-30-13-5-14-31-56)57-32-15-6-16-33-57/h3-53,90H,1-2H3. The molecule has 0 aliphatic carbocycles. The molecule has 6 aliphatic rings. The second kappa shape index (κ2) is 22.4. The first kappa shape index (κ1) is 57.3. The summed E-state index contributed by atoms with van der Waals surface area (Å²) in [4.78, 5) is 7.10. The number of benzene rings is 14. The molecule has 0 unspecified atom stereocenters. The van der Waals surface area contributed by atoms with Gasteiger partial charge in [-0.2, -0.15) is 0 Å². The number of fused-ring (bicyclic) bond motifs is 15. The molecule has 21 rings (SSSR count). The van der Waals surface area contributed by atoms with Crippen LogP contribution >= 0.6 is 23.9 Å². The minimum Gasteiger partial charge on any atom is -0.458 e. The molecular weight excluding hydrogens is 1260 g/mol. The number of nitrogens with one attached hydrogen (secondary N) is 1. The molecule has 100 heavy (non-hydrogen) atoms. The molecule has 1 N–H and O–H groups in total. The first-order valence-electron chi connectivity index (χ1n) is 34.1. The Bertz CT molecular complexity index is 5760. The molecule has 0 saturated heterocycles. The molecular formula is C86H58B3N7O2S2. The van der Waals surface area contributed by atoms with Gasteiger partial charge in [0.1, 0.15) is 23.0 Å². The lowest BCUT2D eigenvalue weighted by Crippen LogP contribution is -2.65. The Balaban J connectivity index is 0.814. The van der Waals surface area contributed by atoms with Gasteiger partial charge in [-0.05, 0) is 188 Å². The average molecular weight is 1320 g/mol. The highest BCUT2D eigenvalue weighted by Gasteiger charge is 2.49. The van der Waals surface area contributed by atoms with E-state index in [-0.39, 0.29) is 20.1 Å². The van der Waals surface area contributed by atoms with Crippen molar-refractivity contribution in [3.05, 3.63) is 309 Å². The molecule has 14 aromatic carbocycles. The Morgan fingerprint density at radius 2 is 0.710 bits per heavy atom. The van der Waals surface area contributed by atoms with E-state index in [1.165, 1.54) is 54.8 Å². The molecule has 0 amide bonds. The molecule has 0 spiro atoms. The predicted molar refractivity (Wildman–Crippen MR) is 426 cm³/mol. The fourth-order valence-corrected chi connectivity index (χ4v) is 18.6. The van der Waals surface area contributed by atoms with Crippen molar-refractivity contribution in [2.45, 2.75) is 0 Å². The van der Waals surface area contributed by atoms with Crippen LogP contribution in [0.25, 0.3) is 27.5 Å². The molecule has 470 valence electrons. The highest BCUT2D eigenvalue weighted by Crippen LogP contribution is 2.50. The van der Waals surface area contributed by atoms with Gasteiger partial charge in [-0.1, -0.05) is 176 Å². The van der Waals surface area contributed by atoms with E-state index in [0.717, 1.165) is 130 Å². The quantitative estimate of drug-likeness (QED) is 0.100. The summed E-state index contributed by atoms with van der Waals surface area (Å²) in [5, 5.41) is 6.73. The van der Waals surface area contributed by atoms with Crippen LogP contribution in [0.5, 0.6) is 23.0 Å². The molecule has 0 saturated carbocycles. The van der Waals surface area contributed by atoms with Crippen LogP contribution in [0.4, 0.5) is 85.3 Å². The molecule has 0 atom stereocenters. The van der Waals surface area contributed by atoms with Crippen molar-refractivity contribution in [1.82, 2.24) is 4.57 Å². The highest BCUT2D eigenvalue weighted by atomic mass is 32.2. The van der Waals surface area contributed by atoms with Crippen molar-refractivity contribution in [1.29, 1.82) is 0 Å². The van der Waals surface area contributed by atoms with Gasteiger partial charge in [-0.15, -0.1) is 0 Å². The van der Waals surface area contributed by atoms with Crippen molar-refractivity contribution in [2.75, 3.05) is 41.1 Å². The predicted octanol–water partition coefficient (Wildman–Crippen LogP) is 16.8. The second-order valence-corrected chi connectivity index (χ2v) is 27.8. The number of hydrogen-bond donors (Lipinski definition) is 1. The number of hydrogen-bond acceptors (Lipinski definition) is 10. The summed E-state index contributed by atoms with van der Waals surface area (Å²) in [7, 11) is 0. The van der Waals surface area contributed by atoms with E-state index in [4.69, 9.17) is 9.47 Å². The summed E-state index contributed by atoms with van der Waals surface area (Å²) >= 11 is 3.44. The molecule has 15 aromatic rings. The third-order valence-corrected chi connectivity index (χ3v) is 22.7. The molecule has 7 heterocycles. The van der Waals surface area contributed by atoms with E-state index in [0.29, 0.717) is 0 Å². The number of rotatable bonds is 11. The van der Waals surface area contributed by atoms with Crippen LogP contribution in [0.3, 0.4) is 0 Å². The van der Waals surface area contributed by atoms with E-state index in [2.05, 4.69) is 355 Å². The Labute approximate surface area is 589 Å². The van der Waals surface area contributed by atoms with E-state index >= 15 is 0 Å². The zero-order chi connectivity index (χ0) is 65.8. The Kier molecular flexibility index (Phi) is 12.8. The average Bonchev–Trinajstić information content (AvgIpc) is 1.17. The molecule has 0 radical (unpaired) electrons. The van der Waals surface area contributed by atoms with Gasteiger partial charge in [-0.25, -0.2) is 0 Å². The van der Waals surface area contributed by atoms with E-state index in [1.807, 2.05) is 0 Å². The van der Waals surface area contributed by atoms with Gasteiger partial charge < -0.3 is 34.1 Å². The van der Waals surface area contributed by atoms with Gasteiger partial charge in [0.25, 0.3) is 20.1 Å². The van der Waals surface area contributed by atoms with Crippen LogP contribution in [0.1, 0.15) is 0 Å². The summed E-state index contributed by atoms with van der Waals surface area (Å²) in [5.74, 6) is 3.34. The molecule has 9 nitrogen and oxygen atoms in total. The lowest BCUT2D eigenvalue weighted by Gasteiger charge is -2.43. The normalized spacial score (nSPS) is 13.3. The van der Waals surface area contributed by atoms with Crippen molar-refractivity contribution in [2.24, 2.45) is 0 Å². The first-order valence-corrected chi connectivity index (χ1v) is 36.4. The summed E-state index contributed by atoms with van der Waals surface area (Å²) in [6.45, 7) is -0.560. The molecule has 0 bridgehead atoms. The zero-order valence-corrected chi connectivity index (χ0v) is 56.1. The van der Waals surface area contributed by atoms with Crippen molar-refractivity contribution >= 4 is 200 Å². The molecule has 0 fully saturated rings. The monoisotopic (exact) mass is 1320 g/mol. The van der Waals surface area contributed by atoms with E-state index < -0.39 is 0 Å². The van der Waals surface area contributed by atoms with Crippen molar-refractivity contribution < 1.29 is 9.47 Å². The minimum atomic E-state index is -0.260. The van der Waals surface area contributed by atoms with Gasteiger partial charge in [0.05, 0.1) is 39.6 Å². The number of anilines is 15. The number of para-hydroxylation sites is 9. The Morgan fingerprint density at radius 1 is 0.290 bits per heavy atom. The number of aromatic nitrogens is 1. The number of nitrogens with zero attached hydrogens (tertiary/aromatic N) is 6. The third kappa shape index (κ3) is 8.44. The van der Waals surface area contributed by atoms with E-state index in [1.54, 1.807) is 23.9 Å². The lowest BCUT2D eigenvalue weighted by molar-refractivity contribution is 0.487. The highest BCUT2D eigenvalue weighted by molar-refractivity contribution is 8.00. The smallest absolute Gasteiger partial charge is 0.256 e. The maximum absolute atomic E-state index is 7.77. The summed E-state index contributed by atoms with van der Waals surface area (Å²) in [5.41, 5.74) is 30.3. The maximum Gasteiger partial charge on any atom is 0.256 e. The topological polar surface area (TPSA) is 51.6 Å². The van der Waals surface area contributed by atoms with Gasteiger partial charge >= 0.3 is 0 Å². The summed E-state index contributed by atoms with van der Waals surface area (Å²) in [6, 6.07) is 113. The fraction of sp³-hybridized carbons (Fsp3) is 0.0233. The van der Waals surface area contributed by atoms with Crippen molar-refractivity contribution in [3.8, 4) is 28.7 Å².